The Labute approximate surface area is 71.5 Å². The quantitative estimate of drug-likeness (QED) is 0.608. The van der Waals surface area contributed by atoms with Crippen molar-refractivity contribution in [3.05, 3.63) is 35.4 Å². The van der Waals surface area contributed by atoms with Crippen molar-refractivity contribution in [3.63, 3.8) is 0 Å². The van der Waals surface area contributed by atoms with Crippen molar-refractivity contribution >= 4 is 0 Å². The lowest BCUT2D eigenvalue weighted by atomic mass is 10.0. The molecule has 0 heterocycles. The van der Waals surface area contributed by atoms with Crippen LogP contribution in [0.3, 0.4) is 0 Å². The molecule has 2 rings (SSSR count). The minimum atomic E-state index is -0.504. The van der Waals surface area contributed by atoms with Crippen LogP contribution >= 0.6 is 0 Å². The molecule has 0 saturated heterocycles. The van der Waals surface area contributed by atoms with Gasteiger partial charge in [0.05, 0.1) is 12.2 Å². The number of rotatable bonds is 0. The Hall–Kier alpha value is -0.860. The van der Waals surface area contributed by atoms with Crippen LogP contribution in [0, 0.1) is 5.92 Å². The summed E-state index contributed by atoms with van der Waals surface area (Å²) in [4.78, 5) is 0. The van der Waals surface area contributed by atoms with E-state index in [1.165, 1.54) is 0 Å². The summed E-state index contributed by atoms with van der Waals surface area (Å²) in [6.07, 6.45) is -1.01. The SMILES string of the molecule is CC1C(O)c2ccccc2C1O. The molecule has 12 heavy (non-hydrogen) atoms. The van der Waals surface area contributed by atoms with E-state index in [-0.39, 0.29) is 5.92 Å². The van der Waals surface area contributed by atoms with Crippen LogP contribution in [0.25, 0.3) is 0 Å². The zero-order valence-electron chi connectivity index (χ0n) is 6.94. The monoisotopic (exact) mass is 164 g/mol. The number of aliphatic hydroxyl groups is 2. The molecule has 1 aromatic carbocycles. The lowest BCUT2D eigenvalue weighted by Gasteiger charge is -2.11. The first-order chi connectivity index (χ1) is 5.72. The summed E-state index contributed by atoms with van der Waals surface area (Å²) in [7, 11) is 0. The van der Waals surface area contributed by atoms with E-state index in [4.69, 9.17) is 0 Å². The van der Waals surface area contributed by atoms with Crippen molar-refractivity contribution in [2.45, 2.75) is 19.1 Å². The van der Waals surface area contributed by atoms with Crippen LogP contribution in [-0.2, 0) is 0 Å². The fourth-order valence-corrected chi connectivity index (χ4v) is 1.79. The number of hydrogen-bond donors (Lipinski definition) is 2. The highest BCUT2D eigenvalue weighted by Gasteiger charge is 2.34. The molecule has 1 aromatic rings. The fourth-order valence-electron chi connectivity index (χ4n) is 1.79. The molecule has 2 heteroatoms. The minimum Gasteiger partial charge on any atom is -0.388 e. The minimum absolute atomic E-state index is 0.0811. The predicted molar refractivity (Wildman–Crippen MR) is 45.5 cm³/mol. The van der Waals surface area contributed by atoms with Crippen molar-refractivity contribution < 1.29 is 10.2 Å². The van der Waals surface area contributed by atoms with Gasteiger partial charge in [-0.05, 0) is 11.1 Å². The van der Waals surface area contributed by atoms with Crippen LogP contribution in [0.4, 0.5) is 0 Å². The van der Waals surface area contributed by atoms with E-state index in [1.54, 1.807) is 0 Å². The van der Waals surface area contributed by atoms with E-state index in [0.29, 0.717) is 0 Å². The van der Waals surface area contributed by atoms with E-state index >= 15 is 0 Å². The largest absolute Gasteiger partial charge is 0.388 e. The van der Waals surface area contributed by atoms with E-state index < -0.39 is 12.2 Å². The normalized spacial score (nSPS) is 33.4. The lowest BCUT2D eigenvalue weighted by molar-refractivity contribution is 0.0453. The third-order valence-electron chi connectivity index (χ3n) is 2.63. The van der Waals surface area contributed by atoms with Gasteiger partial charge < -0.3 is 10.2 Å². The van der Waals surface area contributed by atoms with Crippen LogP contribution in [0.5, 0.6) is 0 Å². The molecule has 2 atom stereocenters. The van der Waals surface area contributed by atoms with Crippen molar-refractivity contribution in [1.82, 2.24) is 0 Å². The summed E-state index contributed by atoms with van der Waals surface area (Å²) in [5.74, 6) is -0.0811. The van der Waals surface area contributed by atoms with Gasteiger partial charge in [-0.15, -0.1) is 0 Å². The van der Waals surface area contributed by atoms with Crippen molar-refractivity contribution in [1.29, 1.82) is 0 Å². The van der Waals surface area contributed by atoms with Crippen LogP contribution in [0.2, 0.25) is 0 Å². The van der Waals surface area contributed by atoms with Gasteiger partial charge >= 0.3 is 0 Å². The Morgan fingerprint density at radius 1 is 1.00 bits per heavy atom. The summed E-state index contributed by atoms with van der Waals surface area (Å²) in [6, 6.07) is 7.50. The molecule has 1 aliphatic rings. The summed E-state index contributed by atoms with van der Waals surface area (Å²) in [5, 5.41) is 19.3. The van der Waals surface area contributed by atoms with Crippen LogP contribution in [0.1, 0.15) is 30.3 Å². The topological polar surface area (TPSA) is 40.5 Å². The van der Waals surface area contributed by atoms with Gasteiger partial charge in [0.1, 0.15) is 0 Å². The standard InChI is InChI=1S/C10H12O2/c1-6-9(11)7-4-2-3-5-8(7)10(6)12/h2-6,9-12H,1H3. The number of benzene rings is 1. The maximum absolute atomic E-state index is 9.66. The molecule has 0 amide bonds. The predicted octanol–water partition coefficient (Wildman–Crippen LogP) is 1.40. The molecule has 2 unspecified atom stereocenters. The van der Waals surface area contributed by atoms with Gasteiger partial charge in [0.2, 0.25) is 0 Å². The molecular weight excluding hydrogens is 152 g/mol. The van der Waals surface area contributed by atoms with E-state index in [1.807, 2.05) is 31.2 Å². The summed E-state index contributed by atoms with van der Waals surface area (Å²) in [5.41, 5.74) is 1.75. The zero-order chi connectivity index (χ0) is 8.72. The third kappa shape index (κ3) is 0.886. The number of aliphatic hydroxyl groups excluding tert-OH is 2. The van der Waals surface area contributed by atoms with E-state index in [0.717, 1.165) is 11.1 Å². The molecule has 0 aliphatic heterocycles. The van der Waals surface area contributed by atoms with Gasteiger partial charge in [-0.2, -0.15) is 0 Å². The van der Waals surface area contributed by atoms with Crippen LogP contribution in [0.15, 0.2) is 24.3 Å². The number of hydrogen-bond acceptors (Lipinski definition) is 2. The first kappa shape index (κ1) is 7.77. The molecule has 0 bridgehead atoms. The van der Waals surface area contributed by atoms with E-state index in [9.17, 15) is 10.2 Å². The van der Waals surface area contributed by atoms with Crippen molar-refractivity contribution in [3.8, 4) is 0 Å². The first-order valence-electron chi connectivity index (χ1n) is 4.17. The molecule has 0 radical (unpaired) electrons. The summed E-state index contributed by atoms with van der Waals surface area (Å²) >= 11 is 0. The molecule has 0 spiro atoms. The maximum Gasteiger partial charge on any atom is 0.0847 e. The van der Waals surface area contributed by atoms with Gasteiger partial charge in [-0.3, -0.25) is 0 Å². The molecule has 2 nitrogen and oxygen atoms in total. The summed E-state index contributed by atoms with van der Waals surface area (Å²) in [6.45, 7) is 1.86. The van der Waals surface area contributed by atoms with E-state index in [2.05, 4.69) is 0 Å². The van der Waals surface area contributed by atoms with Gasteiger partial charge in [0.15, 0.2) is 0 Å². The maximum atomic E-state index is 9.66. The Morgan fingerprint density at radius 2 is 1.42 bits per heavy atom. The highest BCUT2D eigenvalue weighted by molar-refractivity contribution is 5.36. The highest BCUT2D eigenvalue weighted by Crippen LogP contribution is 2.42. The average molecular weight is 164 g/mol. The molecular formula is C10H12O2. The second kappa shape index (κ2) is 2.57. The fraction of sp³-hybridized carbons (Fsp3) is 0.400. The van der Waals surface area contributed by atoms with Gasteiger partial charge in [0.25, 0.3) is 0 Å². The lowest BCUT2D eigenvalue weighted by Crippen LogP contribution is -2.06. The second-order valence-corrected chi connectivity index (χ2v) is 3.38. The molecule has 64 valence electrons. The van der Waals surface area contributed by atoms with Crippen LogP contribution < -0.4 is 0 Å². The molecule has 0 aromatic heterocycles. The zero-order valence-corrected chi connectivity index (χ0v) is 6.94. The molecule has 1 aliphatic carbocycles. The Balaban J connectivity index is 2.52. The molecule has 0 saturated carbocycles. The molecule has 2 N–H and O–H groups in total. The average Bonchev–Trinajstić information content (AvgIpc) is 2.33. The first-order valence-corrected chi connectivity index (χ1v) is 4.17. The highest BCUT2D eigenvalue weighted by atomic mass is 16.3. The van der Waals surface area contributed by atoms with Crippen molar-refractivity contribution in [2.24, 2.45) is 5.92 Å². The van der Waals surface area contributed by atoms with Gasteiger partial charge in [-0.1, -0.05) is 31.2 Å². The Bertz CT molecular complexity index is 267. The number of fused-ring (bicyclic) bond motifs is 1. The van der Waals surface area contributed by atoms with Gasteiger partial charge in [-0.25, -0.2) is 0 Å². The second-order valence-electron chi connectivity index (χ2n) is 3.38. The summed E-state index contributed by atoms with van der Waals surface area (Å²) < 4.78 is 0. The van der Waals surface area contributed by atoms with Crippen molar-refractivity contribution in [2.75, 3.05) is 0 Å². The molecule has 0 fully saturated rings. The third-order valence-corrected chi connectivity index (χ3v) is 2.63. The smallest absolute Gasteiger partial charge is 0.0847 e. The van der Waals surface area contributed by atoms with Gasteiger partial charge in [0, 0.05) is 5.92 Å². The van der Waals surface area contributed by atoms with Crippen LogP contribution in [-0.4, -0.2) is 10.2 Å². The Morgan fingerprint density at radius 3 is 1.83 bits per heavy atom. The Kier molecular flexibility index (Phi) is 1.67.